The van der Waals surface area contributed by atoms with Gasteiger partial charge in [0.25, 0.3) is 11.7 Å². The smallest absolute Gasteiger partial charge is 0.312 e. The molecule has 33 heteroatoms. The molecule has 2 aromatic carbocycles. The van der Waals surface area contributed by atoms with Crippen molar-refractivity contribution in [2.45, 2.75) is 336 Å². The van der Waals surface area contributed by atoms with Crippen LogP contribution in [0.1, 0.15) is 213 Å². The first-order valence-electron chi connectivity index (χ1n) is 45.6. The van der Waals surface area contributed by atoms with E-state index in [0.29, 0.717) is 38.3 Å². The van der Waals surface area contributed by atoms with E-state index in [1.54, 1.807) is 114 Å². The number of methoxy groups -OCH3 is 3. The van der Waals surface area contributed by atoms with E-state index in [9.17, 15) is 64.8 Å². The monoisotopic (exact) mass is 1800 g/mol. The number of aliphatic hydroxyl groups excluding tert-OH is 7. The van der Waals surface area contributed by atoms with Gasteiger partial charge in [0.15, 0.2) is 24.0 Å². The van der Waals surface area contributed by atoms with Crippen molar-refractivity contribution in [2.75, 3.05) is 86.7 Å². The van der Waals surface area contributed by atoms with Crippen molar-refractivity contribution in [1.82, 2.24) is 20.4 Å². The summed E-state index contributed by atoms with van der Waals surface area (Å²) in [5, 5.41) is 120. The van der Waals surface area contributed by atoms with E-state index < -0.39 is 185 Å². The number of nitrogens with zero attached hydrogens (tertiary/aromatic N) is 4. The third-order valence-corrected chi connectivity index (χ3v) is 27.6. The van der Waals surface area contributed by atoms with E-state index in [0.717, 1.165) is 32.5 Å². The molecular formula is C94H155N7O26. The number of aliphatic hydroxyl groups is 8. The molecule has 7 aliphatic heterocycles. The maximum absolute atomic E-state index is 14.7. The zero-order valence-electron chi connectivity index (χ0n) is 80.3. The van der Waals surface area contributed by atoms with E-state index in [1.807, 2.05) is 46.7 Å². The van der Waals surface area contributed by atoms with Crippen LogP contribution >= 0.6 is 0 Å². The number of esters is 2. The second-order valence-electron chi connectivity index (χ2n) is 38.1. The Morgan fingerprint density at radius 1 is 0.724 bits per heavy atom. The lowest BCUT2D eigenvalue weighted by Crippen LogP contribution is -2.61. The highest BCUT2D eigenvalue weighted by molar-refractivity contribution is 6.19. The highest BCUT2D eigenvalue weighted by Crippen LogP contribution is 2.51. The molecule has 29 atom stereocenters. The van der Waals surface area contributed by atoms with Gasteiger partial charge in [-0.25, -0.2) is 0 Å². The molecule has 1 spiro atoms. The Hall–Kier alpha value is -6.29. The Balaban J connectivity index is 0.000000305. The average molecular weight is 1800 g/mol. The maximum Gasteiger partial charge on any atom is 0.312 e. The molecule has 7 heterocycles. The zero-order chi connectivity index (χ0) is 95.4. The molecule has 127 heavy (non-hydrogen) atoms. The van der Waals surface area contributed by atoms with Crippen LogP contribution in [0.15, 0.2) is 46.1 Å². The molecule has 4 bridgehead atoms. The van der Waals surface area contributed by atoms with Crippen molar-refractivity contribution in [3.63, 3.8) is 0 Å². The van der Waals surface area contributed by atoms with Crippen molar-refractivity contribution in [2.24, 2.45) is 63.2 Å². The van der Waals surface area contributed by atoms with Crippen LogP contribution in [0.2, 0.25) is 0 Å². The normalized spacial score (nSPS) is 37.5. The topological polar surface area (TPSA) is 456 Å². The van der Waals surface area contributed by atoms with Gasteiger partial charge in [-0.05, 0) is 114 Å². The number of ether oxygens (including phenoxy) is 11. The summed E-state index contributed by atoms with van der Waals surface area (Å²) in [6.45, 7) is 42.7. The summed E-state index contributed by atoms with van der Waals surface area (Å²) in [6, 6.07) is 0.117. The van der Waals surface area contributed by atoms with Gasteiger partial charge in [0.2, 0.25) is 0 Å². The summed E-state index contributed by atoms with van der Waals surface area (Å²) >= 11 is 0. The molecule has 0 saturated carbocycles. The Kier molecular flexibility index (Phi) is 38.9. The van der Waals surface area contributed by atoms with Gasteiger partial charge in [-0.1, -0.05) is 101 Å². The minimum Gasteiger partial charge on any atom is -0.507 e. The van der Waals surface area contributed by atoms with Gasteiger partial charge in [-0.2, -0.15) is 0 Å². The van der Waals surface area contributed by atoms with E-state index >= 15 is 0 Å². The quantitative estimate of drug-likeness (QED) is 0.0343. The van der Waals surface area contributed by atoms with Crippen molar-refractivity contribution in [1.29, 1.82) is 0 Å². The van der Waals surface area contributed by atoms with Crippen molar-refractivity contribution >= 4 is 45.9 Å². The number of aromatic hydroxyl groups is 2. The lowest BCUT2D eigenvalue weighted by atomic mass is 9.74. The number of amides is 1. The lowest BCUT2D eigenvalue weighted by Gasteiger charge is -2.50. The number of hydrogen-bond donors (Lipinski definition) is 13. The van der Waals surface area contributed by atoms with Gasteiger partial charge >= 0.3 is 17.7 Å². The number of likely N-dealkylation sites (tertiary alicyclic amines) is 1. The Morgan fingerprint density at radius 3 is 1.87 bits per heavy atom. The minimum atomic E-state index is -1.96. The summed E-state index contributed by atoms with van der Waals surface area (Å²) in [5.74, 6) is -10.9. The van der Waals surface area contributed by atoms with Crippen molar-refractivity contribution < 1.29 is 127 Å². The standard InChI is InChI=1S/C46H62N4O11.C38H69NO13.C10H24N2O2/c1-22(2)21-50-18-16-46(17-19-50)48-34-31-32-39(54)28(8)42-33(31)43(56)45(10,61-42)59-20-15-30(58-11)25(5)41(60-29(9)51)27(7)38(53)26(6)37(52)23(3)13-12-14-24(4)44(57)47-36(40(32)55)35(34)49-46;1-15-26-38(10,45)31(42)21(4)28(40)19(2)17-37(9,47-14)33(52-35-29(41)25(39(11)12)16-20(3)48-35)22(5)30(23(6)34(44)50-26)51-27-18-36(8,46-13)32(43)24(7)49-27;1-3-9(7-13)11-5-6-12-10(4-2)8-14/h12-15,20,22-23,25-27,30,37-38,41,52-55H,16-19,21H2,1-11H3,(H,47,57);19-27,29-33,35,41-43,45H,15-18H2,1-14H3;9-14H,3-8H2,1-2H3/b13-12+,20-15+,24-14-;;/t23-,25+,26+,27+,30-,37-,38+,41+,45-;19-,20-,21+,22+,23-,24+,25+,26-,27+,29-,30+,31-,32+,33-,35+,36-,37-,38-;/m01./s1. The number of ketones is 2. The third-order valence-electron chi connectivity index (χ3n) is 27.6. The van der Waals surface area contributed by atoms with Crippen LogP contribution in [0, 0.1) is 60.2 Å². The largest absolute Gasteiger partial charge is 0.507 e. The average Bonchev–Trinajstić information content (AvgIpc) is 1.55. The molecule has 0 aromatic heterocycles. The van der Waals surface area contributed by atoms with Crippen LogP contribution in [0.3, 0.4) is 0 Å². The number of Topliss-reactive ketones (excluding diaryl/α,β-unsaturated/α-hetero) is 2. The molecule has 722 valence electrons. The number of allylic oxidation sites excluding steroid dienone is 2. The van der Waals surface area contributed by atoms with Crippen LogP contribution in [0.4, 0.5) is 5.69 Å². The van der Waals surface area contributed by atoms with Gasteiger partial charge in [0.05, 0.1) is 102 Å². The molecule has 4 fully saturated rings. The number of rotatable bonds is 21. The zero-order valence-corrected chi connectivity index (χ0v) is 80.3. The SMILES string of the molecule is CCC(CO)NCCNC(CC)CO.CC[C@H]1OC(=O)[C@H](C)[C@@H](O[C@H]2C[C@@](C)(OC)[C@@H](O)[C@H](C)O2)[C@H](C)[C@@H](O[C@@H]2O[C@H](C)C[C@H](N(C)C)[C@H]2O)[C@](C)(OC)C[C@@H](C)C(=O)[C@H](C)[C@@H](O)[C@]1(C)O.CO[C@H]1/C=C/O[C@@]2(C)Oc3c(C)c(O)c4c(O)c(c5c(c4c3C2=O)=NC2(CCN(CC(C)C)CC2)N=5)NC(=O)/C(C)=C\C=C\[C@H](C)[C@H](O)[C@@H](C)[C@@H](O)[C@@H](C)[C@H](OC(C)=O)[C@@H]1C. The summed E-state index contributed by atoms with van der Waals surface area (Å²) < 4.78 is 67.9. The number of nitrogens with one attached hydrogen (secondary N) is 3. The van der Waals surface area contributed by atoms with Gasteiger partial charge < -0.3 is 129 Å². The molecule has 2 unspecified atom stereocenters. The number of phenols is 2. The molecule has 0 aliphatic carbocycles. The summed E-state index contributed by atoms with van der Waals surface area (Å²) in [5.41, 5.74) is -4.82. The predicted molar refractivity (Wildman–Crippen MR) is 477 cm³/mol. The highest BCUT2D eigenvalue weighted by Gasteiger charge is 2.56. The van der Waals surface area contributed by atoms with Crippen LogP contribution < -0.4 is 31.4 Å². The van der Waals surface area contributed by atoms with E-state index in [2.05, 4.69) is 34.7 Å². The molecule has 9 rings (SSSR count). The lowest BCUT2D eigenvalue weighted by molar-refractivity contribution is -0.319. The fraction of sp³-hybridized carbons (Fsp3) is 0.777. The second kappa shape index (κ2) is 45.9. The molecule has 2 aromatic rings. The molecule has 7 aliphatic rings. The maximum atomic E-state index is 14.7. The van der Waals surface area contributed by atoms with Crippen molar-refractivity contribution in [3.05, 3.63) is 58.0 Å². The van der Waals surface area contributed by atoms with Crippen molar-refractivity contribution in [3.8, 4) is 17.2 Å². The van der Waals surface area contributed by atoms with Crippen LogP contribution in [-0.2, 0) is 66.5 Å². The van der Waals surface area contributed by atoms with E-state index in [-0.39, 0.29) is 118 Å². The number of benzene rings is 2. The summed E-state index contributed by atoms with van der Waals surface area (Å²) in [6.07, 6.45) is -1.82. The third kappa shape index (κ3) is 24.8. The molecule has 1 amide bonds. The summed E-state index contributed by atoms with van der Waals surface area (Å²) in [7, 11) is 8.23. The number of cyclic esters (lactones) is 1. The van der Waals surface area contributed by atoms with Crippen LogP contribution in [0.5, 0.6) is 17.2 Å². The number of carbonyl (C=O) groups excluding carboxylic acids is 5. The van der Waals surface area contributed by atoms with Gasteiger partial charge in [-0.15, -0.1) is 0 Å². The molecular weight excluding hydrogens is 1640 g/mol. The second-order valence-corrected chi connectivity index (χ2v) is 38.1. The first-order valence-corrected chi connectivity index (χ1v) is 45.6. The van der Waals surface area contributed by atoms with Gasteiger partial charge in [0.1, 0.15) is 58.3 Å². The highest BCUT2D eigenvalue weighted by atomic mass is 16.7. The first kappa shape index (κ1) is 108. The number of anilines is 1. The number of fused-ring (bicyclic) bond motifs is 1. The van der Waals surface area contributed by atoms with Gasteiger partial charge in [0, 0.05) is 163 Å². The Bertz CT molecular complexity index is 4210. The summed E-state index contributed by atoms with van der Waals surface area (Å²) in [4.78, 5) is 83.7. The van der Waals surface area contributed by atoms with Gasteiger partial charge in [-0.3, -0.25) is 34.0 Å². The molecule has 33 nitrogen and oxygen atoms in total. The van der Waals surface area contributed by atoms with E-state index in [4.69, 9.17) is 72.3 Å². The molecule has 4 saturated heterocycles. The minimum absolute atomic E-state index is 0.0364. The number of likely N-dealkylation sites (N-methyl/N-ethyl adjacent to an activating group) is 1. The number of hydrogen-bond acceptors (Lipinski definition) is 32. The molecule has 13 N–H and O–H groups in total. The Labute approximate surface area is 751 Å². The first-order chi connectivity index (χ1) is 59.4. The molecule has 0 radical (unpaired) electrons. The van der Waals surface area contributed by atoms with Crippen LogP contribution in [0.25, 0.3) is 10.8 Å². The fourth-order valence-electron chi connectivity index (χ4n) is 19.0. The number of piperidine rings is 1. The van der Waals surface area contributed by atoms with Crippen LogP contribution in [-0.4, -0.2) is 304 Å². The van der Waals surface area contributed by atoms with E-state index in [1.165, 1.54) is 48.4 Å². The number of carbonyl (C=O) groups is 5. The predicted octanol–water partition coefficient (Wildman–Crippen LogP) is 6.90. The number of phenolic OH excluding ortho intramolecular Hbond substituents is 2. The Morgan fingerprint density at radius 2 is 1.32 bits per heavy atom. The fourth-order valence-corrected chi connectivity index (χ4v) is 19.0.